The van der Waals surface area contributed by atoms with E-state index in [-0.39, 0.29) is 17.4 Å². The van der Waals surface area contributed by atoms with Crippen LogP contribution < -0.4 is 10.5 Å². The third-order valence-corrected chi connectivity index (χ3v) is 5.21. The van der Waals surface area contributed by atoms with Gasteiger partial charge < -0.3 is 10.8 Å². The van der Waals surface area contributed by atoms with Gasteiger partial charge in [0.2, 0.25) is 10.0 Å². The summed E-state index contributed by atoms with van der Waals surface area (Å²) in [5.41, 5.74) is 6.67. The average molecular weight is 351 g/mol. The lowest BCUT2D eigenvalue weighted by molar-refractivity contribution is 0.227. The molecule has 1 atom stereocenters. The topological polar surface area (TPSA) is 92.4 Å². The summed E-state index contributed by atoms with van der Waals surface area (Å²) in [6.45, 7) is 5.13. The quantitative estimate of drug-likeness (QED) is 0.703. The highest BCUT2D eigenvalue weighted by Crippen LogP contribution is 2.26. The maximum atomic E-state index is 12.3. The SMILES string of the molecule is Cc1cc(Br)c(N)cc1S(=O)(=O)NC(CO)C(C)C. The van der Waals surface area contributed by atoms with Crippen LogP contribution in [0.5, 0.6) is 0 Å². The molecular weight excluding hydrogens is 332 g/mol. The third kappa shape index (κ3) is 3.92. The van der Waals surface area contributed by atoms with Crippen LogP contribution in [-0.4, -0.2) is 26.2 Å². The molecule has 1 aromatic carbocycles. The Labute approximate surface area is 122 Å². The first-order valence-electron chi connectivity index (χ1n) is 5.88. The number of sulfonamides is 1. The van der Waals surface area contributed by atoms with E-state index in [0.717, 1.165) is 0 Å². The lowest BCUT2D eigenvalue weighted by Crippen LogP contribution is -2.41. The molecule has 0 saturated heterocycles. The highest BCUT2D eigenvalue weighted by molar-refractivity contribution is 9.10. The molecule has 4 N–H and O–H groups in total. The smallest absolute Gasteiger partial charge is 0.241 e. The second-order valence-corrected chi connectivity index (χ2v) is 7.33. The van der Waals surface area contributed by atoms with E-state index in [4.69, 9.17) is 5.73 Å². The van der Waals surface area contributed by atoms with Gasteiger partial charge in [-0.1, -0.05) is 13.8 Å². The summed E-state index contributed by atoms with van der Waals surface area (Å²) in [5.74, 6) is -0.00660. The monoisotopic (exact) mass is 350 g/mol. The first-order valence-corrected chi connectivity index (χ1v) is 8.15. The van der Waals surface area contributed by atoms with Gasteiger partial charge in [0.1, 0.15) is 0 Å². The van der Waals surface area contributed by atoms with Crippen LogP contribution >= 0.6 is 15.9 Å². The zero-order chi connectivity index (χ0) is 14.8. The summed E-state index contributed by atoms with van der Waals surface area (Å²) in [6, 6.07) is 2.55. The van der Waals surface area contributed by atoms with Crippen LogP contribution in [0.1, 0.15) is 19.4 Å². The number of aliphatic hydroxyl groups excluding tert-OH is 1. The van der Waals surface area contributed by atoms with Gasteiger partial charge in [-0.2, -0.15) is 0 Å². The van der Waals surface area contributed by atoms with Crippen LogP contribution in [0, 0.1) is 12.8 Å². The number of aliphatic hydroxyl groups is 1. The largest absolute Gasteiger partial charge is 0.398 e. The Morgan fingerprint density at radius 2 is 2.00 bits per heavy atom. The lowest BCUT2D eigenvalue weighted by Gasteiger charge is -2.20. The highest BCUT2D eigenvalue weighted by Gasteiger charge is 2.24. The van der Waals surface area contributed by atoms with Gasteiger partial charge in [-0.15, -0.1) is 0 Å². The summed E-state index contributed by atoms with van der Waals surface area (Å²) in [7, 11) is -3.70. The predicted octanol–water partition coefficient (Wildman–Crippen LogP) is 1.63. The van der Waals surface area contributed by atoms with E-state index in [0.29, 0.717) is 15.7 Å². The van der Waals surface area contributed by atoms with Crippen molar-refractivity contribution in [3.05, 3.63) is 22.2 Å². The van der Waals surface area contributed by atoms with Crippen molar-refractivity contribution in [2.45, 2.75) is 31.7 Å². The van der Waals surface area contributed by atoms with E-state index in [1.807, 2.05) is 13.8 Å². The number of halogens is 1. The van der Waals surface area contributed by atoms with Crippen molar-refractivity contribution in [2.24, 2.45) is 5.92 Å². The van der Waals surface area contributed by atoms with Gasteiger partial charge in [0.15, 0.2) is 0 Å². The average Bonchev–Trinajstić information content (AvgIpc) is 2.30. The van der Waals surface area contributed by atoms with Gasteiger partial charge in [-0.25, -0.2) is 13.1 Å². The molecular formula is C12H19BrN2O3S. The van der Waals surface area contributed by atoms with Crippen molar-refractivity contribution in [1.82, 2.24) is 4.72 Å². The Morgan fingerprint density at radius 1 is 1.42 bits per heavy atom. The fourth-order valence-corrected chi connectivity index (χ4v) is 3.70. The van der Waals surface area contributed by atoms with Crippen LogP contribution in [-0.2, 0) is 10.0 Å². The number of rotatable bonds is 5. The molecule has 0 spiro atoms. The maximum Gasteiger partial charge on any atom is 0.241 e. The molecule has 7 heteroatoms. The van der Waals surface area contributed by atoms with E-state index < -0.39 is 16.1 Å². The number of hydrogen-bond donors (Lipinski definition) is 3. The summed E-state index contributed by atoms with van der Waals surface area (Å²) >= 11 is 3.25. The van der Waals surface area contributed by atoms with Crippen LogP contribution in [0.15, 0.2) is 21.5 Å². The van der Waals surface area contributed by atoms with Gasteiger partial charge in [0.25, 0.3) is 0 Å². The molecule has 0 amide bonds. The van der Waals surface area contributed by atoms with E-state index in [2.05, 4.69) is 20.7 Å². The molecule has 0 aliphatic carbocycles. The van der Waals surface area contributed by atoms with Crippen LogP contribution in [0.3, 0.4) is 0 Å². The van der Waals surface area contributed by atoms with Gasteiger partial charge in [0, 0.05) is 16.2 Å². The minimum atomic E-state index is -3.70. The molecule has 0 radical (unpaired) electrons. The zero-order valence-electron chi connectivity index (χ0n) is 11.1. The summed E-state index contributed by atoms with van der Waals surface area (Å²) < 4.78 is 27.8. The molecule has 0 bridgehead atoms. The van der Waals surface area contributed by atoms with E-state index >= 15 is 0 Å². The fraction of sp³-hybridized carbons (Fsp3) is 0.500. The number of aryl methyl sites for hydroxylation is 1. The number of anilines is 1. The van der Waals surface area contributed by atoms with Crippen molar-refractivity contribution < 1.29 is 13.5 Å². The Hall–Kier alpha value is -0.630. The number of nitrogens with two attached hydrogens (primary N) is 1. The molecule has 19 heavy (non-hydrogen) atoms. The molecule has 0 aromatic heterocycles. The molecule has 0 saturated carbocycles. The van der Waals surface area contributed by atoms with E-state index in [1.165, 1.54) is 6.07 Å². The molecule has 108 valence electrons. The summed E-state index contributed by atoms with van der Waals surface area (Å²) in [5, 5.41) is 9.22. The van der Waals surface area contributed by atoms with Gasteiger partial charge in [0.05, 0.1) is 11.5 Å². The molecule has 0 aliphatic rings. The van der Waals surface area contributed by atoms with Gasteiger partial charge in [-0.3, -0.25) is 0 Å². The van der Waals surface area contributed by atoms with Crippen molar-refractivity contribution in [3.8, 4) is 0 Å². The van der Waals surface area contributed by atoms with Gasteiger partial charge in [-0.05, 0) is 46.5 Å². The molecule has 1 rings (SSSR count). The fourth-order valence-electron chi connectivity index (χ4n) is 1.61. The second kappa shape index (κ2) is 6.21. The standard InChI is InChI=1S/C12H19BrN2O3S/c1-7(2)11(6-16)15-19(17,18)12-5-10(14)9(13)4-8(12)3/h4-5,7,11,15-16H,6,14H2,1-3H3. The minimum Gasteiger partial charge on any atom is -0.398 e. The molecule has 1 unspecified atom stereocenters. The van der Waals surface area contributed by atoms with Crippen LogP contribution in [0.25, 0.3) is 0 Å². The first kappa shape index (κ1) is 16.4. The lowest BCUT2D eigenvalue weighted by atomic mass is 10.1. The summed E-state index contributed by atoms with van der Waals surface area (Å²) in [4.78, 5) is 0.132. The Bertz CT molecular complexity index is 558. The minimum absolute atomic E-state index is 0.00660. The number of hydrogen-bond acceptors (Lipinski definition) is 4. The third-order valence-electron chi connectivity index (χ3n) is 2.89. The maximum absolute atomic E-state index is 12.3. The number of nitrogens with one attached hydrogen (secondary N) is 1. The van der Waals surface area contributed by atoms with Crippen LogP contribution in [0.4, 0.5) is 5.69 Å². The van der Waals surface area contributed by atoms with E-state index in [9.17, 15) is 13.5 Å². The molecule has 0 fully saturated rings. The van der Waals surface area contributed by atoms with Crippen molar-refractivity contribution in [1.29, 1.82) is 0 Å². The van der Waals surface area contributed by atoms with Crippen molar-refractivity contribution in [2.75, 3.05) is 12.3 Å². The molecule has 0 heterocycles. The highest BCUT2D eigenvalue weighted by atomic mass is 79.9. The van der Waals surface area contributed by atoms with Gasteiger partial charge >= 0.3 is 0 Å². The predicted molar refractivity (Wildman–Crippen MR) is 79.3 cm³/mol. The Kier molecular flexibility index (Phi) is 5.37. The molecule has 5 nitrogen and oxygen atoms in total. The number of nitrogen functional groups attached to an aromatic ring is 1. The van der Waals surface area contributed by atoms with E-state index in [1.54, 1.807) is 13.0 Å². The van der Waals surface area contributed by atoms with Crippen molar-refractivity contribution >= 4 is 31.6 Å². The first-order chi connectivity index (χ1) is 8.69. The Balaban J connectivity index is 3.17. The second-order valence-electron chi connectivity index (χ2n) is 4.79. The molecule has 0 aliphatic heterocycles. The zero-order valence-corrected chi connectivity index (χ0v) is 13.5. The molecule has 1 aromatic rings. The number of benzene rings is 1. The van der Waals surface area contributed by atoms with Crippen LogP contribution in [0.2, 0.25) is 0 Å². The normalized spacial score (nSPS) is 13.8. The summed E-state index contributed by atoms with van der Waals surface area (Å²) in [6.07, 6.45) is 0. The Morgan fingerprint density at radius 3 is 2.47 bits per heavy atom. The van der Waals surface area contributed by atoms with Crippen molar-refractivity contribution in [3.63, 3.8) is 0 Å².